The molecule has 0 saturated heterocycles. The van der Waals surface area contributed by atoms with Crippen LogP contribution in [0.5, 0.6) is 0 Å². The first-order chi connectivity index (χ1) is 34.1. The second kappa shape index (κ2) is 13.3. The SMILES string of the molecule is Cc1ccc(N(c2ccc3c(c2)C(C)(C)c2c4c(c5c(oc6ccccc65)c2-3)-c2ccccc2C4(C)C)c2ccc3c(c2)C(C)(C)C2C=C4C(=CC32)C(C)(C)c2ccc3oc5ccccc5c3c24)c(C)c1. The van der Waals surface area contributed by atoms with Gasteiger partial charge in [-0.05, 0) is 152 Å². The van der Waals surface area contributed by atoms with E-state index in [1.165, 1.54) is 128 Å². The zero-order valence-corrected chi connectivity index (χ0v) is 42.4. The van der Waals surface area contributed by atoms with Crippen LogP contribution in [0.25, 0.3) is 71.7 Å². The van der Waals surface area contributed by atoms with Crippen LogP contribution in [0, 0.1) is 19.8 Å². The van der Waals surface area contributed by atoms with E-state index in [4.69, 9.17) is 8.83 Å². The summed E-state index contributed by atoms with van der Waals surface area (Å²) in [4.78, 5) is 2.54. The molecule has 0 bridgehead atoms. The molecule has 2 atom stereocenters. The van der Waals surface area contributed by atoms with Gasteiger partial charge in [-0.15, -0.1) is 0 Å². The number of allylic oxidation sites excluding steroid dienone is 4. The molecule has 3 heteroatoms. The third kappa shape index (κ3) is 5.05. The van der Waals surface area contributed by atoms with Crippen molar-refractivity contribution >= 4 is 66.5 Å². The molecule has 8 aromatic carbocycles. The lowest BCUT2D eigenvalue weighted by molar-refractivity contribution is 0.393. The number of furan rings is 2. The Morgan fingerprint density at radius 3 is 1.90 bits per heavy atom. The van der Waals surface area contributed by atoms with Crippen LogP contribution in [-0.4, -0.2) is 0 Å². The average molecular weight is 920 g/mol. The van der Waals surface area contributed by atoms with Crippen LogP contribution in [-0.2, 0) is 21.7 Å². The van der Waals surface area contributed by atoms with Crippen molar-refractivity contribution in [1.82, 2.24) is 0 Å². The van der Waals surface area contributed by atoms with Crippen molar-refractivity contribution in [3.05, 3.63) is 213 Å². The third-order valence-electron chi connectivity index (χ3n) is 18.5. The fraction of sp³-hybridized carbons (Fsp3) is 0.235. The Balaban J connectivity index is 0.907. The van der Waals surface area contributed by atoms with Crippen LogP contribution in [0.4, 0.5) is 17.1 Å². The standard InChI is InChI=1S/C68H57NO2/c1-36-23-29-53(37(2)31-36)69(38-24-26-40-45-34-52-46(35-51(45)66(5,6)49(40)32-38)57-48(65(52,3)4)28-30-56-58(57)43-18-12-15-21-54(43)70-56)39-25-27-42-50(33-39)68(9,10)63-61(42)64-60(44-19-13-16-22-55(44)71-64)59-41-17-11-14-20-47(41)67(7,8)62(59)63/h11-35,45,51H,1-10H3. The summed E-state index contributed by atoms with van der Waals surface area (Å²) >= 11 is 0. The zero-order valence-electron chi connectivity index (χ0n) is 42.4. The highest BCUT2D eigenvalue weighted by atomic mass is 16.3. The van der Waals surface area contributed by atoms with Crippen LogP contribution in [0.15, 0.2) is 166 Å². The summed E-state index contributed by atoms with van der Waals surface area (Å²) in [5.74, 6) is 0.571. The van der Waals surface area contributed by atoms with Gasteiger partial charge in [0.15, 0.2) is 0 Å². The number of para-hydroxylation sites is 2. The van der Waals surface area contributed by atoms with E-state index in [2.05, 4.69) is 226 Å². The van der Waals surface area contributed by atoms with Crippen molar-refractivity contribution < 1.29 is 8.83 Å². The zero-order chi connectivity index (χ0) is 48.4. The molecule has 2 unspecified atom stereocenters. The largest absolute Gasteiger partial charge is 0.456 e. The summed E-state index contributed by atoms with van der Waals surface area (Å²) in [6.45, 7) is 24.0. The molecule has 10 aromatic rings. The molecule has 346 valence electrons. The minimum Gasteiger partial charge on any atom is -0.456 e. The molecule has 3 nitrogen and oxygen atoms in total. The van der Waals surface area contributed by atoms with Gasteiger partial charge < -0.3 is 13.7 Å². The van der Waals surface area contributed by atoms with Crippen LogP contribution in [0.2, 0.25) is 0 Å². The predicted octanol–water partition coefficient (Wildman–Crippen LogP) is 18.5. The average Bonchev–Trinajstić information content (AvgIpc) is 4.14. The van der Waals surface area contributed by atoms with Crippen molar-refractivity contribution in [1.29, 1.82) is 0 Å². The van der Waals surface area contributed by atoms with Crippen LogP contribution >= 0.6 is 0 Å². The molecule has 5 aliphatic carbocycles. The Morgan fingerprint density at radius 2 is 1.13 bits per heavy atom. The molecule has 0 radical (unpaired) electrons. The van der Waals surface area contributed by atoms with Crippen LogP contribution < -0.4 is 4.90 Å². The Bertz CT molecular complexity index is 4160. The molecule has 5 aliphatic rings. The van der Waals surface area contributed by atoms with Crippen molar-refractivity contribution in [2.75, 3.05) is 4.90 Å². The second-order valence-electron chi connectivity index (χ2n) is 23.7. The first-order valence-electron chi connectivity index (χ1n) is 25.7. The third-order valence-corrected chi connectivity index (χ3v) is 18.5. The first kappa shape index (κ1) is 41.4. The molecule has 0 spiro atoms. The fourth-order valence-electron chi connectivity index (χ4n) is 15.1. The van der Waals surface area contributed by atoms with Gasteiger partial charge in [0.25, 0.3) is 0 Å². The molecule has 0 fully saturated rings. The van der Waals surface area contributed by atoms with Gasteiger partial charge in [0, 0.05) is 66.3 Å². The number of anilines is 3. The second-order valence-corrected chi connectivity index (χ2v) is 23.7. The summed E-state index contributed by atoms with van der Waals surface area (Å²) in [5.41, 5.74) is 28.3. The van der Waals surface area contributed by atoms with Gasteiger partial charge in [-0.25, -0.2) is 0 Å². The monoisotopic (exact) mass is 919 g/mol. The Morgan fingerprint density at radius 1 is 0.479 bits per heavy atom. The highest BCUT2D eigenvalue weighted by molar-refractivity contribution is 6.21. The molecule has 0 amide bonds. The lowest BCUT2D eigenvalue weighted by atomic mass is 9.70. The van der Waals surface area contributed by atoms with Crippen molar-refractivity contribution in [2.24, 2.45) is 5.92 Å². The molecular formula is C68H57NO2. The highest BCUT2D eigenvalue weighted by Crippen LogP contribution is 2.65. The van der Waals surface area contributed by atoms with Gasteiger partial charge in [-0.1, -0.05) is 164 Å². The summed E-state index contributed by atoms with van der Waals surface area (Å²) in [6, 6.07) is 52.4. The van der Waals surface area contributed by atoms with E-state index in [1.807, 2.05) is 0 Å². The number of hydrogen-bond donors (Lipinski definition) is 0. The number of fused-ring (bicyclic) bond motifs is 22. The summed E-state index contributed by atoms with van der Waals surface area (Å²) in [6.07, 6.45) is 5.31. The van der Waals surface area contributed by atoms with E-state index >= 15 is 0 Å². The highest BCUT2D eigenvalue weighted by Gasteiger charge is 2.52. The van der Waals surface area contributed by atoms with Crippen LogP contribution in [0.3, 0.4) is 0 Å². The van der Waals surface area contributed by atoms with E-state index in [9.17, 15) is 0 Å². The quantitative estimate of drug-likeness (QED) is 0.177. The van der Waals surface area contributed by atoms with Gasteiger partial charge >= 0.3 is 0 Å². The molecule has 15 rings (SSSR count). The molecule has 71 heavy (non-hydrogen) atoms. The van der Waals surface area contributed by atoms with Crippen molar-refractivity contribution in [2.45, 2.75) is 96.8 Å². The number of nitrogens with zero attached hydrogens (tertiary/aromatic N) is 1. The maximum atomic E-state index is 7.06. The van der Waals surface area contributed by atoms with E-state index in [0.29, 0.717) is 5.92 Å². The van der Waals surface area contributed by atoms with E-state index in [0.717, 1.165) is 22.3 Å². The summed E-state index contributed by atoms with van der Waals surface area (Å²) in [5, 5.41) is 4.87. The minimum atomic E-state index is -0.319. The minimum absolute atomic E-state index is 0.136. The van der Waals surface area contributed by atoms with E-state index in [-0.39, 0.29) is 27.6 Å². The van der Waals surface area contributed by atoms with Gasteiger partial charge in [0.2, 0.25) is 0 Å². The normalized spacial score (nSPS) is 19.7. The first-order valence-corrected chi connectivity index (χ1v) is 25.7. The van der Waals surface area contributed by atoms with Gasteiger partial charge in [-0.3, -0.25) is 0 Å². The fourth-order valence-corrected chi connectivity index (χ4v) is 15.1. The molecule has 2 heterocycles. The molecule has 0 aliphatic heterocycles. The molecular weight excluding hydrogens is 863 g/mol. The van der Waals surface area contributed by atoms with Crippen molar-refractivity contribution in [3.63, 3.8) is 0 Å². The number of hydrogen-bond acceptors (Lipinski definition) is 3. The molecule has 0 saturated carbocycles. The smallest absolute Gasteiger partial charge is 0.144 e. The van der Waals surface area contributed by atoms with Gasteiger partial charge in [0.1, 0.15) is 22.3 Å². The van der Waals surface area contributed by atoms with Gasteiger partial charge in [-0.2, -0.15) is 0 Å². The van der Waals surface area contributed by atoms with E-state index in [1.54, 1.807) is 0 Å². The number of rotatable bonds is 3. The van der Waals surface area contributed by atoms with Crippen LogP contribution in [0.1, 0.15) is 117 Å². The molecule has 2 aromatic heterocycles. The predicted molar refractivity (Wildman–Crippen MR) is 295 cm³/mol. The number of benzene rings is 8. The topological polar surface area (TPSA) is 29.5 Å². The Kier molecular flexibility index (Phi) is 7.78. The maximum Gasteiger partial charge on any atom is 0.144 e. The number of aryl methyl sites for hydroxylation is 2. The lowest BCUT2D eigenvalue weighted by Gasteiger charge is -2.34. The lowest BCUT2D eigenvalue weighted by Crippen LogP contribution is -2.27. The van der Waals surface area contributed by atoms with Gasteiger partial charge in [0.05, 0.1) is 0 Å². The molecule has 0 N–H and O–H groups in total. The summed E-state index contributed by atoms with van der Waals surface area (Å²) < 4.78 is 13.6. The van der Waals surface area contributed by atoms with E-state index < -0.39 is 0 Å². The Labute approximate surface area is 416 Å². The summed E-state index contributed by atoms with van der Waals surface area (Å²) in [7, 11) is 0. The Hall–Kier alpha value is -7.36. The maximum absolute atomic E-state index is 7.06. The van der Waals surface area contributed by atoms with Crippen molar-refractivity contribution in [3.8, 4) is 22.3 Å².